The van der Waals surface area contributed by atoms with Crippen LogP contribution in [-0.4, -0.2) is 337 Å². The number of carbonyl (C=O) groups is 6. The molecular weight excluding hydrogens is 1910 g/mol. The highest BCUT2D eigenvalue weighted by atomic mass is 32.2. The molecule has 17 N–H and O–H groups in total. The normalized spacial score (nSPS) is 27.1. The van der Waals surface area contributed by atoms with E-state index in [1.165, 1.54) is 108 Å². The number of amides is 5. The number of likely N-dealkylation sites (N-methyl/N-ethyl adjacent to an activating group) is 2. The molecule has 820 valence electrons. The Morgan fingerprint density at radius 2 is 1.20 bits per heavy atom. The van der Waals surface area contributed by atoms with E-state index in [0.29, 0.717) is 76.2 Å². The van der Waals surface area contributed by atoms with Gasteiger partial charge in [0.15, 0.2) is 24.4 Å². The standard InChI is InChI=1S/C107H165N7O31S/c1-12-16-18-20-22-24-26-28-29-31-33-35-37-39-41-48-86(124)111-74(77(120)47-40-38-36-34-32-30-27-25-23-21-19-17-13-2)63-137-102-94(129)93(128)96(83(61-116)140-102)142-103-95(130)99(145-107(104(132)133)58-78(121)88(109-65(5)118)98(144-107)90(125)79(122)60-115)97(84(62-117)141-103)143-101-89(110-66(6)119)92(127)91(126)82(139-101)59-108-85(123)49-44-52-112(11)100(131)70-46-43-42-45-69(70)87-72-53-67-50-51-105(7,8)113(14-3)75(67)55-80(72)138-81-56-76-71(54-73(81)87)68(64-146(134,135)136)57-106(9,10)114(76)15-4/h40,42-43,45-47,50-51,53-57,74,77-79,82-84,88-99,101-103,115-117,120-122,125-130H,12-39,41,44,48-49,52,58-64H2,1-11H3,(H5-,108,109,110,111,118,119,123,124,132,133,134,135,136)/b47-40+/t74-,77+,78-,79+,82+,83+,84+,88+,89+,90+,91-,92+,93+,94+,95+,96+,97-,98+,99+,101-,102+,103-,107-/m0/s1. The maximum absolute atomic E-state index is 15.2. The van der Waals surface area contributed by atoms with Crippen LogP contribution in [0.15, 0.2) is 72.8 Å². The summed E-state index contributed by atoms with van der Waals surface area (Å²) in [5.41, 5.74) is 2.93. The highest BCUT2D eigenvalue weighted by Gasteiger charge is 2.62. The average molecular weight is 2080 g/mol. The lowest BCUT2D eigenvalue weighted by atomic mass is 9.83. The minimum absolute atomic E-state index is 0.0115. The molecule has 0 unspecified atom stereocenters. The second kappa shape index (κ2) is 57.0. The van der Waals surface area contributed by atoms with Crippen molar-refractivity contribution in [1.29, 1.82) is 0 Å². The zero-order valence-electron chi connectivity index (χ0n) is 86.9. The average Bonchev–Trinajstić information content (AvgIpc) is 0.713. The van der Waals surface area contributed by atoms with E-state index < -0.39 is 231 Å². The van der Waals surface area contributed by atoms with Crippen molar-refractivity contribution in [3.63, 3.8) is 0 Å². The van der Waals surface area contributed by atoms with Crippen LogP contribution in [0.3, 0.4) is 0 Å². The van der Waals surface area contributed by atoms with Gasteiger partial charge in [0.1, 0.15) is 110 Å². The number of hydrogen-bond acceptors (Lipinski definition) is 31. The van der Waals surface area contributed by atoms with Crippen molar-refractivity contribution in [3.8, 4) is 11.5 Å². The minimum atomic E-state index is -4.81. The molecule has 7 aliphatic heterocycles. The Hall–Kier alpha value is -7.92. The first-order valence-corrected chi connectivity index (χ1v) is 54.5. The number of carbonyl (C=O) groups excluding carboxylic acids is 5. The Balaban J connectivity index is 0.860. The number of aliphatic hydroxyl groups is 12. The van der Waals surface area contributed by atoms with E-state index in [1.807, 2.05) is 57.2 Å². The number of allylic oxidation sites excluding steroid dienone is 1. The van der Waals surface area contributed by atoms with Gasteiger partial charge in [-0.1, -0.05) is 204 Å². The molecule has 5 amide bonds. The van der Waals surface area contributed by atoms with Crippen molar-refractivity contribution in [2.24, 2.45) is 0 Å². The number of aliphatic hydroxyl groups excluding tert-OH is 12. The quantitative estimate of drug-likeness (QED) is 0.0104. The number of benzene rings is 3. The third-order valence-corrected chi connectivity index (χ3v) is 29.6. The van der Waals surface area contributed by atoms with Crippen LogP contribution in [-0.2, 0) is 72.0 Å². The minimum Gasteiger partial charge on any atom is -0.748 e. The Morgan fingerprint density at radius 3 is 1.78 bits per heavy atom. The first kappa shape index (κ1) is 120. The van der Waals surface area contributed by atoms with Crippen molar-refractivity contribution >= 4 is 68.5 Å². The van der Waals surface area contributed by atoms with Crippen LogP contribution in [0.4, 0.5) is 5.69 Å². The maximum atomic E-state index is 15.2. The van der Waals surface area contributed by atoms with Crippen LogP contribution in [0.2, 0.25) is 0 Å². The number of fused-ring (bicyclic) bond motifs is 4. The molecule has 3 aromatic carbocycles. The molecule has 4 fully saturated rings. The molecule has 7 aliphatic rings. The second-order valence-electron chi connectivity index (χ2n) is 41.2. The summed E-state index contributed by atoms with van der Waals surface area (Å²) in [5, 5.41) is 163. The number of anilines is 1. The first-order valence-electron chi connectivity index (χ1n) is 53.0. The van der Waals surface area contributed by atoms with Crippen LogP contribution in [0, 0.1) is 0 Å². The summed E-state index contributed by atoms with van der Waals surface area (Å²) >= 11 is 0. The molecule has 39 heteroatoms. The Labute approximate surface area is 858 Å². The monoisotopic (exact) mass is 2080 g/mol. The first-order chi connectivity index (χ1) is 69.6. The topological polar surface area (TPSA) is 563 Å². The van der Waals surface area contributed by atoms with Gasteiger partial charge in [0.05, 0.1) is 78.2 Å². The summed E-state index contributed by atoms with van der Waals surface area (Å²) < 4.78 is 97.0. The van der Waals surface area contributed by atoms with Crippen LogP contribution in [0.25, 0.3) is 17.2 Å². The van der Waals surface area contributed by atoms with Crippen LogP contribution < -0.4 is 46.1 Å². The fourth-order valence-electron chi connectivity index (χ4n) is 21.0. The van der Waals surface area contributed by atoms with Crippen molar-refractivity contribution in [3.05, 3.63) is 111 Å². The third-order valence-electron chi connectivity index (χ3n) is 28.9. The molecule has 146 heavy (non-hydrogen) atoms. The summed E-state index contributed by atoms with van der Waals surface area (Å²) in [7, 11) is -3.26. The van der Waals surface area contributed by atoms with Crippen molar-refractivity contribution < 1.29 is 151 Å². The lowest BCUT2D eigenvalue weighted by Crippen LogP contribution is -2.72. The summed E-state index contributed by atoms with van der Waals surface area (Å²) in [4.78, 5) is 86.6. The van der Waals surface area contributed by atoms with Gasteiger partial charge in [0, 0.05) is 118 Å². The Morgan fingerprint density at radius 1 is 0.630 bits per heavy atom. The van der Waals surface area contributed by atoms with Crippen molar-refractivity contribution in [2.45, 2.75) is 420 Å². The van der Waals surface area contributed by atoms with E-state index in [1.54, 1.807) is 43.5 Å². The highest BCUT2D eigenvalue weighted by molar-refractivity contribution is 7.86. The number of nitrogens with zero attached hydrogens (tertiary/aromatic N) is 3. The number of carboxylic acid groups (broad SMARTS) is 1. The molecule has 0 radical (unpaired) electrons. The molecule has 0 saturated carbocycles. The van der Waals surface area contributed by atoms with Crippen molar-refractivity contribution in [2.75, 3.05) is 70.3 Å². The predicted molar refractivity (Wildman–Crippen MR) is 543 cm³/mol. The number of rotatable bonds is 60. The van der Waals surface area contributed by atoms with Crippen LogP contribution in [0.1, 0.15) is 301 Å². The third kappa shape index (κ3) is 32.1. The molecule has 38 nitrogen and oxygen atoms in total. The molecule has 3 aromatic rings. The van der Waals surface area contributed by atoms with Crippen LogP contribution >= 0.6 is 0 Å². The van der Waals surface area contributed by atoms with Gasteiger partial charge in [-0.05, 0) is 94.9 Å². The second-order valence-corrected chi connectivity index (χ2v) is 42.6. The molecule has 0 spiro atoms. The SMILES string of the molecule is CCCCCCCCCCCCC/C=C/[C@@H](O)[C@H](CO[C@@H]1O[C@H](CO)[C@@H](O[C@@H]2O[C@H](CO)[C@H](O[C@@H]3O[C@H](CNC(=O)CCCN(C)C(=O)c4ccccc4C4=c5cc6c(cc5Oc5cc7c(cc54)C(CS(=O)(=O)[O-])=CC(C)(C)N7CC)=[N+](CC)C(C)(C)C=C6)[C@H](O)[C@H](O)[C@H]3NC(C)=O)[C@H](O[C@]3(C(=O)O)C[C@H](O)[C@@H](NC(C)=O)[C@H]([C@H](O)[C@H](O)CO)O3)[C@H]2O)[C@H](O)[C@H]1O)NC(=O)CCCCCCCCCCCCCCCCC. The molecule has 0 aliphatic carbocycles. The molecule has 0 aromatic heterocycles. The van der Waals surface area contributed by atoms with E-state index in [0.717, 1.165) is 82.6 Å². The van der Waals surface area contributed by atoms with E-state index in [9.17, 15) is 103 Å². The molecular formula is C107H165N7O31S. The van der Waals surface area contributed by atoms with Gasteiger partial charge >= 0.3 is 5.97 Å². The van der Waals surface area contributed by atoms with Gasteiger partial charge < -0.3 is 145 Å². The summed E-state index contributed by atoms with van der Waals surface area (Å²) in [6.45, 7) is 14.9. The fraction of sp³-hybridized carbons (Fsp3) is 0.710. The number of carboxylic acids is 1. The van der Waals surface area contributed by atoms with Gasteiger partial charge in [-0.15, -0.1) is 0 Å². The largest absolute Gasteiger partial charge is 0.748 e. The summed E-state index contributed by atoms with van der Waals surface area (Å²) in [6.07, 6.45) is -1.64. The zero-order chi connectivity index (χ0) is 106. The van der Waals surface area contributed by atoms with Crippen LogP contribution in [0.5, 0.6) is 11.5 Å². The summed E-state index contributed by atoms with van der Waals surface area (Å²) in [5.74, 6) is -8.74. The van der Waals surface area contributed by atoms with Gasteiger partial charge in [0.25, 0.3) is 11.7 Å². The molecule has 7 heterocycles. The Kier molecular flexibility index (Phi) is 46.8. The van der Waals surface area contributed by atoms with Gasteiger partial charge in [0.2, 0.25) is 29.0 Å². The van der Waals surface area contributed by atoms with Gasteiger partial charge in [-0.25, -0.2) is 17.8 Å². The van der Waals surface area contributed by atoms with E-state index in [2.05, 4.69) is 71.4 Å². The maximum Gasteiger partial charge on any atom is 0.364 e. The summed E-state index contributed by atoms with van der Waals surface area (Å²) in [6, 6.07) is 9.74. The Bertz CT molecular complexity index is 5080. The van der Waals surface area contributed by atoms with Gasteiger partial charge in [-0.2, -0.15) is 0 Å². The van der Waals surface area contributed by atoms with E-state index in [-0.39, 0.29) is 42.8 Å². The number of nitrogens with one attached hydrogen (secondary N) is 4. The van der Waals surface area contributed by atoms with Crippen molar-refractivity contribution in [1.82, 2.24) is 30.7 Å². The number of ether oxygens (including phenoxy) is 9. The number of hydrogen-bond donors (Lipinski definition) is 17. The van der Waals surface area contributed by atoms with E-state index in [4.69, 9.17) is 42.6 Å². The van der Waals surface area contributed by atoms with Gasteiger partial charge in [-0.3, -0.25) is 24.0 Å². The highest BCUT2D eigenvalue weighted by Crippen LogP contribution is 2.49. The molecule has 23 atom stereocenters. The zero-order valence-corrected chi connectivity index (χ0v) is 87.7. The molecule has 0 bridgehead atoms. The number of unbranched alkanes of at least 4 members (excludes halogenated alkanes) is 25. The van der Waals surface area contributed by atoms with E-state index >= 15 is 4.79 Å². The predicted octanol–water partition coefficient (Wildman–Crippen LogP) is 6.03. The lowest BCUT2D eigenvalue weighted by molar-refractivity contribution is -0.400. The fourth-order valence-corrected chi connectivity index (χ4v) is 21.6. The number of aliphatic carboxylic acids is 1. The smallest absolute Gasteiger partial charge is 0.364 e. The molecule has 10 rings (SSSR count). The molecule has 4 saturated heterocycles. The lowest BCUT2D eigenvalue weighted by Gasteiger charge is -2.52.